The molecule has 2 aliphatic rings. The molecule has 0 radical (unpaired) electrons. The summed E-state index contributed by atoms with van der Waals surface area (Å²) in [6, 6.07) is 6.28. The molecule has 1 saturated carbocycles. The minimum absolute atomic E-state index is 0.00883. The SMILES string of the molecule is Cc1c(C(=O)N2CCN(C(=O)NC3CCCCC3)CC2)oc2c(C)cccc12. The summed E-state index contributed by atoms with van der Waals surface area (Å²) in [5, 5.41) is 4.16. The molecule has 0 spiro atoms. The second kappa shape index (κ2) is 7.86. The van der Waals surface area contributed by atoms with Crippen LogP contribution in [0.5, 0.6) is 0 Å². The van der Waals surface area contributed by atoms with Gasteiger partial charge in [-0.15, -0.1) is 0 Å². The molecule has 0 bridgehead atoms. The zero-order chi connectivity index (χ0) is 19.7. The maximum Gasteiger partial charge on any atom is 0.317 e. The van der Waals surface area contributed by atoms with Crippen molar-refractivity contribution in [3.63, 3.8) is 0 Å². The van der Waals surface area contributed by atoms with Gasteiger partial charge in [-0.2, -0.15) is 0 Å². The Morgan fingerprint density at radius 3 is 2.36 bits per heavy atom. The molecule has 3 amide bonds. The second-order valence-corrected chi connectivity index (χ2v) is 8.07. The van der Waals surface area contributed by atoms with Gasteiger partial charge in [0.2, 0.25) is 0 Å². The van der Waals surface area contributed by atoms with Crippen molar-refractivity contribution in [2.24, 2.45) is 0 Å². The Morgan fingerprint density at radius 2 is 1.68 bits per heavy atom. The first-order chi connectivity index (χ1) is 13.5. The van der Waals surface area contributed by atoms with Gasteiger partial charge in [0.1, 0.15) is 5.58 Å². The van der Waals surface area contributed by atoms with Crippen molar-refractivity contribution in [3.05, 3.63) is 35.1 Å². The molecule has 0 unspecified atom stereocenters. The van der Waals surface area contributed by atoms with E-state index in [1.807, 2.05) is 36.9 Å². The van der Waals surface area contributed by atoms with E-state index < -0.39 is 0 Å². The number of carbonyl (C=O) groups is 2. The first-order valence-corrected chi connectivity index (χ1v) is 10.4. The van der Waals surface area contributed by atoms with Crippen molar-refractivity contribution < 1.29 is 14.0 Å². The van der Waals surface area contributed by atoms with E-state index in [4.69, 9.17) is 4.42 Å². The Balaban J connectivity index is 1.38. The number of aryl methyl sites for hydroxylation is 2. The summed E-state index contributed by atoms with van der Waals surface area (Å²) in [5.74, 6) is 0.338. The zero-order valence-electron chi connectivity index (χ0n) is 16.8. The third-order valence-corrected chi connectivity index (χ3v) is 6.14. The van der Waals surface area contributed by atoms with Crippen molar-refractivity contribution in [2.75, 3.05) is 26.2 Å². The maximum absolute atomic E-state index is 13.0. The standard InChI is InChI=1S/C22H29N3O3/c1-15-7-6-10-18-16(2)20(28-19(15)18)21(26)24-11-13-25(14-12-24)22(27)23-17-8-4-3-5-9-17/h6-7,10,17H,3-5,8-9,11-14H2,1-2H3,(H,23,27). The molecule has 2 fully saturated rings. The largest absolute Gasteiger partial charge is 0.450 e. The zero-order valence-corrected chi connectivity index (χ0v) is 16.8. The number of rotatable bonds is 2. The first kappa shape index (κ1) is 18.8. The van der Waals surface area contributed by atoms with Crippen molar-refractivity contribution in [1.29, 1.82) is 0 Å². The predicted octanol–water partition coefficient (Wildman–Crippen LogP) is 3.85. The summed E-state index contributed by atoms with van der Waals surface area (Å²) in [4.78, 5) is 29.1. The van der Waals surface area contributed by atoms with Crippen molar-refractivity contribution in [2.45, 2.75) is 52.0 Å². The van der Waals surface area contributed by atoms with E-state index in [2.05, 4.69) is 5.32 Å². The average Bonchev–Trinajstić information content (AvgIpc) is 3.06. The summed E-state index contributed by atoms with van der Waals surface area (Å²) in [5.41, 5.74) is 2.71. The Morgan fingerprint density at radius 1 is 1.00 bits per heavy atom. The Kier molecular flexibility index (Phi) is 5.29. The summed E-state index contributed by atoms with van der Waals surface area (Å²) >= 11 is 0. The highest BCUT2D eigenvalue weighted by Gasteiger charge is 2.29. The molecule has 1 aliphatic carbocycles. The lowest BCUT2D eigenvalue weighted by Gasteiger charge is -2.35. The summed E-state index contributed by atoms with van der Waals surface area (Å²) < 4.78 is 5.94. The van der Waals surface area contributed by atoms with Gasteiger partial charge in [0.15, 0.2) is 5.76 Å². The van der Waals surface area contributed by atoms with E-state index in [-0.39, 0.29) is 11.9 Å². The number of benzene rings is 1. The van der Waals surface area contributed by atoms with Crippen LogP contribution in [0, 0.1) is 13.8 Å². The highest BCUT2D eigenvalue weighted by atomic mass is 16.3. The van der Waals surface area contributed by atoms with Gasteiger partial charge >= 0.3 is 6.03 Å². The number of amides is 3. The molecule has 4 rings (SSSR count). The molecule has 2 aromatic rings. The number of fused-ring (bicyclic) bond motifs is 1. The number of urea groups is 1. The average molecular weight is 383 g/mol. The minimum atomic E-state index is -0.0829. The number of hydrogen-bond donors (Lipinski definition) is 1. The van der Waals surface area contributed by atoms with Gasteiger partial charge in [0.05, 0.1) is 0 Å². The monoisotopic (exact) mass is 383 g/mol. The number of para-hydroxylation sites is 1. The number of furan rings is 1. The molecule has 6 nitrogen and oxygen atoms in total. The number of carbonyl (C=O) groups excluding carboxylic acids is 2. The van der Waals surface area contributed by atoms with Crippen molar-refractivity contribution in [3.8, 4) is 0 Å². The molecule has 1 N–H and O–H groups in total. The van der Waals surface area contributed by atoms with Crippen LogP contribution in [0.25, 0.3) is 11.0 Å². The summed E-state index contributed by atoms with van der Waals surface area (Å²) in [7, 11) is 0. The molecule has 28 heavy (non-hydrogen) atoms. The van der Waals surface area contributed by atoms with Crippen LogP contribution in [-0.4, -0.2) is 54.0 Å². The Hall–Kier alpha value is -2.50. The predicted molar refractivity (Wildman–Crippen MR) is 109 cm³/mol. The van der Waals surface area contributed by atoms with Crippen LogP contribution >= 0.6 is 0 Å². The summed E-state index contributed by atoms with van der Waals surface area (Å²) in [6.45, 7) is 6.11. The summed E-state index contributed by atoms with van der Waals surface area (Å²) in [6.07, 6.45) is 5.82. The number of hydrogen-bond acceptors (Lipinski definition) is 3. The van der Waals surface area contributed by atoms with E-state index in [0.717, 1.165) is 34.9 Å². The molecule has 0 atom stereocenters. The van der Waals surface area contributed by atoms with Gasteiger partial charge in [-0.3, -0.25) is 4.79 Å². The molecular formula is C22H29N3O3. The fraction of sp³-hybridized carbons (Fsp3) is 0.545. The molecule has 1 saturated heterocycles. The number of piperazine rings is 1. The molecule has 1 aliphatic heterocycles. The topological polar surface area (TPSA) is 65.8 Å². The van der Waals surface area contributed by atoms with Crippen molar-refractivity contribution in [1.82, 2.24) is 15.1 Å². The van der Waals surface area contributed by atoms with Gasteiger partial charge in [-0.1, -0.05) is 37.5 Å². The number of nitrogens with one attached hydrogen (secondary N) is 1. The van der Waals surface area contributed by atoms with Crippen LogP contribution in [0.3, 0.4) is 0 Å². The first-order valence-electron chi connectivity index (χ1n) is 10.4. The van der Waals surface area contributed by atoms with E-state index in [0.29, 0.717) is 38.0 Å². The van der Waals surface area contributed by atoms with E-state index in [1.54, 1.807) is 4.90 Å². The van der Waals surface area contributed by atoms with Crippen LogP contribution < -0.4 is 5.32 Å². The third-order valence-electron chi connectivity index (χ3n) is 6.14. The third kappa shape index (κ3) is 3.60. The van der Waals surface area contributed by atoms with Crippen LogP contribution in [0.15, 0.2) is 22.6 Å². The lowest BCUT2D eigenvalue weighted by molar-refractivity contribution is 0.0633. The molecular weight excluding hydrogens is 354 g/mol. The molecule has 150 valence electrons. The number of nitrogens with zero attached hydrogens (tertiary/aromatic N) is 2. The Labute approximate surface area is 165 Å². The maximum atomic E-state index is 13.0. The van der Waals surface area contributed by atoms with Gasteiger partial charge in [-0.05, 0) is 32.3 Å². The molecule has 2 heterocycles. The smallest absolute Gasteiger partial charge is 0.317 e. The van der Waals surface area contributed by atoms with E-state index >= 15 is 0 Å². The minimum Gasteiger partial charge on any atom is -0.450 e. The molecule has 1 aromatic heterocycles. The van der Waals surface area contributed by atoms with Gasteiger partial charge < -0.3 is 19.5 Å². The normalized spacial score (nSPS) is 18.5. The van der Waals surface area contributed by atoms with E-state index in [1.165, 1.54) is 19.3 Å². The van der Waals surface area contributed by atoms with Crippen LogP contribution in [0.4, 0.5) is 4.79 Å². The van der Waals surface area contributed by atoms with Gasteiger partial charge in [-0.25, -0.2) is 4.79 Å². The van der Waals surface area contributed by atoms with Crippen LogP contribution in [0.2, 0.25) is 0 Å². The quantitative estimate of drug-likeness (QED) is 0.857. The lowest BCUT2D eigenvalue weighted by atomic mass is 9.96. The van der Waals surface area contributed by atoms with Gasteiger partial charge in [0, 0.05) is 43.2 Å². The fourth-order valence-corrected chi connectivity index (χ4v) is 4.36. The van der Waals surface area contributed by atoms with Gasteiger partial charge in [0.25, 0.3) is 5.91 Å². The second-order valence-electron chi connectivity index (χ2n) is 8.07. The molecule has 6 heteroatoms. The Bertz CT molecular complexity index is 875. The highest BCUT2D eigenvalue weighted by Crippen LogP contribution is 2.28. The van der Waals surface area contributed by atoms with E-state index in [9.17, 15) is 9.59 Å². The lowest BCUT2D eigenvalue weighted by Crippen LogP contribution is -2.54. The van der Waals surface area contributed by atoms with Crippen molar-refractivity contribution >= 4 is 22.9 Å². The highest BCUT2D eigenvalue weighted by molar-refractivity contribution is 5.99. The fourth-order valence-electron chi connectivity index (χ4n) is 4.36. The van der Waals surface area contributed by atoms with Crippen LogP contribution in [0.1, 0.15) is 53.8 Å². The van der Waals surface area contributed by atoms with Crippen LogP contribution in [-0.2, 0) is 0 Å². The molecule has 1 aromatic carbocycles.